The predicted octanol–water partition coefficient (Wildman–Crippen LogP) is 0.705. The molecular weight excluding hydrogens is 576 g/mol. The number of amides is 3. The smallest absolute Gasteiger partial charge is 0.326 e. The third kappa shape index (κ3) is 7.72. The van der Waals surface area contributed by atoms with Gasteiger partial charge >= 0.3 is 11.9 Å². The third-order valence-electron chi connectivity index (χ3n) is 6.99. The maximum Gasteiger partial charge on any atom is 0.326 e. The van der Waals surface area contributed by atoms with Crippen LogP contribution in [0.3, 0.4) is 0 Å². The largest absolute Gasteiger partial charge is 0.481 e. The lowest BCUT2D eigenvalue weighted by Crippen LogP contribution is -2.58. The molecule has 0 bridgehead atoms. The van der Waals surface area contributed by atoms with E-state index >= 15 is 0 Å². The van der Waals surface area contributed by atoms with Gasteiger partial charge in [-0.1, -0.05) is 36.4 Å². The van der Waals surface area contributed by atoms with E-state index in [1.165, 1.54) is 0 Å². The van der Waals surface area contributed by atoms with Crippen LogP contribution in [-0.4, -0.2) is 79.8 Å². The zero-order valence-corrected chi connectivity index (χ0v) is 23.8. The molecule has 2 heterocycles. The van der Waals surface area contributed by atoms with Gasteiger partial charge in [0.25, 0.3) is 0 Å². The molecule has 226 valence electrons. The quantitative estimate of drug-likeness (QED) is 0.0926. The van der Waals surface area contributed by atoms with Crippen molar-refractivity contribution in [3.63, 3.8) is 0 Å². The molecule has 0 saturated heterocycles. The molecule has 2 aromatic heterocycles. The van der Waals surface area contributed by atoms with Crippen molar-refractivity contribution in [2.24, 2.45) is 5.73 Å². The molecule has 0 saturated carbocycles. The van der Waals surface area contributed by atoms with Gasteiger partial charge in [0.1, 0.15) is 18.1 Å². The average molecular weight is 609 g/mol. The van der Waals surface area contributed by atoms with Crippen molar-refractivity contribution in [1.29, 1.82) is 0 Å². The molecule has 2 aromatic carbocycles. The van der Waals surface area contributed by atoms with Crippen LogP contribution in [-0.2, 0) is 36.8 Å². The molecule has 0 aliphatic rings. The lowest BCUT2D eigenvalue weighted by atomic mass is 10.0. The number of hydrogen-bond donors (Lipinski definition) is 9. The zero-order valence-electron chi connectivity index (χ0n) is 22.9. The van der Waals surface area contributed by atoms with Gasteiger partial charge in [-0.3, -0.25) is 19.2 Å². The standard InChI is InChI=1S/C29H32N6O7S/c30-19(9-15-12-31-20-7-3-1-5-17(15)20)26(38)33-22(11-25(36)37)27(39)35-24(14-43)28(40)34-23(29(41)42)10-16-13-32-21-8-4-2-6-18(16)21/h1-8,12-13,19,22-24,31-32,43H,9-11,14,30H2,(H,33,38)(H,34,40)(H,35,39)(H,36,37)(H,41,42). The number of para-hydroxylation sites is 2. The first kappa shape index (κ1) is 31.1. The molecule has 0 aliphatic carbocycles. The molecule has 0 radical (unpaired) electrons. The van der Waals surface area contributed by atoms with E-state index in [4.69, 9.17) is 5.73 Å². The maximum atomic E-state index is 13.1. The van der Waals surface area contributed by atoms with Crippen LogP contribution in [0.2, 0.25) is 0 Å². The van der Waals surface area contributed by atoms with Crippen LogP contribution in [0.5, 0.6) is 0 Å². The second kappa shape index (κ2) is 13.9. The number of fused-ring (bicyclic) bond motifs is 2. The van der Waals surface area contributed by atoms with Crippen LogP contribution in [0.4, 0.5) is 0 Å². The van der Waals surface area contributed by atoms with Crippen LogP contribution in [0, 0.1) is 0 Å². The van der Waals surface area contributed by atoms with Gasteiger partial charge in [-0.05, 0) is 29.7 Å². The summed E-state index contributed by atoms with van der Waals surface area (Å²) in [7, 11) is 0. The van der Waals surface area contributed by atoms with Crippen LogP contribution in [0.1, 0.15) is 17.5 Å². The van der Waals surface area contributed by atoms with Crippen LogP contribution >= 0.6 is 12.6 Å². The third-order valence-corrected chi connectivity index (χ3v) is 7.36. The van der Waals surface area contributed by atoms with Crippen molar-refractivity contribution in [3.8, 4) is 0 Å². The highest BCUT2D eigenvalue weighted by Gasteiger charge is 2.31. The Morgan fingerprint density at radius 2 is 1.21 bits per heavy atom. The van der Waals surface area contributed by atoms with E-state index in [-0.39, 0.29) is 18.6 Å². The summed E-state index contributed by atoms with van der Waals surface area (Å²) in [5.41, 5.74) is 9.19. The summed E-state index contributed by atoms with van der Waals surface area (Å²) >= 11 is 4.11. The Morgan fingerprint density at radius 3 is 1.74 bits per heavy atom. The van der Waals surface area contributed by atoms with Gasteiger partial charge in [0.2, 0.25) is 17.7 Å². The molecule has 43 heavy (non-hydrogen) atoms. The SMILES string of the molecule is NC(Cc1c[nH]c2ccccc12)C(=O)NC(CC(=O)O)C(=O)NC(CS)C(=O)NC(Cc1c[nH]c2ccccc12)C(=O)O. The number of aliphatic carboxylic acids is 2. The Kier molecular flexibility index (Phi) is 10.1. The Balaban J connectivity index is 1.39. The second-order valence-corrected chi connectivity index (χ2v) is 10.4. The minimum absolute atomic E-state index is 0.0374. The molecule has 13 nitrogen and oxygen atoms in total. The molecule has 14 heteroatoms. The maximum absolute atomic E-state index is 13.1. The fourth-order valence-electron chi connectivity index (χ4n) is 4.75. The van der Waals surface area contributed by atoms with Crippen molar-refractivity contribution < 1.29 is 34.2 Å². The van der Waals surface area contributed by atoms with Crippen molar-refractivity contribution in [3.05, 3.63) is 72.1 Å². The number of rotatable bonds is 14. The van der Waals surface area contributed by atoms with Gasteiger partial charge in [-0.15, -0.1) is 0 Å². The van der Waals surface area contributed by atoms with Gasteiger partial charge in [-0.2, -0.15) is 12.6 Å². The molecule has 0 spiro atoms. The Bertz CT molecular complexity index is 1650. The number of aromatic amines is 2. The van der Waals surface area contributed by atoms with Crippen molar-refractivity contribution >= 4 is 64.1 Å². The average Bonchev–Trinajstić information content (AvgIpc) is 3.58. The Morgan fingerprint density at radius 1 is 0.721 bits per heavy atom. The number of carbonyl (C=O) groups is 5. The number of nitrogens with one attached hydrogen (secondary N) is 5. The summed E-state index contributed by atoms with van der Waals surface area (Å²) in [5, 5.41) is 27.9. The second-order valence-electron chi connectivity index (χ2n) is 10.0. The number of thiol groups is 1. The number of H-pyrrole nitrogens is 2. The normalized spacial score (nSPS) is 14.0. The summed E-state index contributed by atoms with van der Waals surface area (Å²) < 4.78 is 0. The minimum Gasteiger partial charge on any atom is -0.481 e. The molecule has 4 rings (SSSR count). The lowest BCUT2D eigenvalue weighted by molar-refractivity contribution is -0.143. The number of hydrogen-bond acceptors (Lipinski definition) is 7. The van der Waals surface area contributed by atoms with E-state index in [0.29, 0.717) is 5.56 Å². The van der Waals surface area contributed by atoms with E-state index in [1.807, 2.05) is 48.5 Å². The van der Waals surface area contributed by atoms with Crippen molar-refractivity contribution in [2.75, 3.05) is 5.75 Å². The van der Waals surface area contributed by atoms with E-state index < -0.39 is 60.2 Å². The van der Waals surface area contributed by atoms with Gasteiger partial charge in [0.05, 0.1) is 12.5 Å². The predicted molar refractivity (Wildman–Crippen MR) is 162 cm³/mol. The zero-order chi connectivity index (χ0) is 31.1. The highest BCUT2D eigenvalue weighted by Crippen LogP contribution is 2.20. The highest BCUT2D eigenvalue weighted by molar-refractivity contribution is 7.80. The molecule has 9 N–H and O–H groups in total. The topological polar surface area (TPSA) is 219 Å². The van der Waals surface area contributed by atoms with Crippen LogP contribution < -0.4 is 21.7 Å². The number of carboxylic acid groups (broad SMARTS) is 2. The van der Waals surface area contributed by atoms with Gasteiger partial charge in [0, 0.05) is 46.4 Å². The summed E-state index contributed by atoms with van der Waals surface area (Å²) in [6.07, 6.45) is 2.68. The number of benzene rings is 2. The van der Waals surface area contributed by atoms with Gasteiger partial charge in [0.15, 0.2) is 0 Å². The van der Waals surface area contributed by atoms with E-state index in [0.717, 1.165) is 27.4 Å². The molecular formula is C29H32N6O7S. The Labute approximate surface area is 251 Å². The van der Waals surface area contributed by atoms with Gasteiger partial charge in [-0.25, -0.2) is 4.79 Å². The molecule has 3 amide bonds. The van der Waals surface area contributed by atoms with Crippen molar-refractivity contribution in [2.45, 2.75) is 43.4 Å². The summed E-state index contributed by atoms with van der Waals surface area (Å²) in [4.78, 5) is 68.5. The number of carbonyl (C=O) groups excluding carboxylic acids is 3. The molecule has 4 unspecified atom stereocenters. The first-order chi connectivity index (χ1) is 20.6. The minimum atomic E-state index is -1.56. The molecule has 0 fully saturated rings. The van der Waals surface area contributed by atoms with E-state index in [9.17, 15) is 34.2 Å². The van der Waals surface area contributed by atoms with Gasteiger partial charge < -0.3 is 41.9 Å². The summed E-state index contributed by atoms with van der Waals surface area (Å²) in [5.74, 6) is -5.46. The summed E-state index contributed by atoms with van der Waals surface area (Å²) in [6.45, 7) is 0. The van der Waals surface area contributed by atoms with E-state index in [1.54, 1.807) is 12.4 Å². The van der Waals surface area contributed by atoms with E-state index in [2.05, 4.69) is 38.5 Å². The fraction of sp³-hybridized carbons (Fsp3) is 0.276. The molecule has 4 aromatic rings. The molecule has 0 aliphatic heterocycles. The Hall–Kier alpha value is -4.82. The molecule has 4 atom stereocenters. The fourth-order valence-corrected chi connectivity index (χ4v) is 5.01. The first-order valence-corrected chi connectivity index (χ1v) is 14.0. The van der Waals surface area contributed by atoms with Crippen LogP contribution in [0.25, 0.3) is 21.8 Å². The highest BCUT2D eigenvalue weighted by atomic mass is 32.1. The van der Waals surface area contributed by atoms with Crippen LogP contribution in [0.15, 0.2) is 60.9 Å². The van der Waals surface area contributed by atoms with Crippen molar-refractivity contribution in [1.82, 2.24) is 25.9 Å². The number of carboxylic acids is 2. The number of aromatic nitrogens is 2. The first-order valence-electron chi connectivity index (χ1n) is 13.4. The number of nitrogens with two attached hydrogens (primary N) is 1. The summed E-state index contributed by atoms with van der Waals surface area (Å²) in [6, 6.07) is 9.40. The lowest BCUT2D eigenvalue weighted by Gasteiger charge is -2.24. The monoisotopic (exact) mass is 608 g/mol.